The molecule has 0 amide bonds. The lowest BCUT2D eigenvalue weighted by Gasteiger charge is -2.29. The molecule has 0 aromatic carbocycles. The molecule has 1 unspecified atom stereocenters. The van der Waals surface area contributed by atoms with Crippen LogP contribution in [-0.4, -0.2) is 50.3 Å². The molecule has 0 spiro atoms. The Morgan fingerprint density at radius 2 is 1.94 bits per heavy atom. The molecule has 0 bridgehead atoms. The average molecular weight is 240 g/mol. The van der Waals surface area contributed by atoms with Crippen LogP contribution in [0.15, 0.2) is 0 Å². The summed E-state index contributed by atoms with van der Waals surface area (Å²) in [5, 5.41) is 3.77. The Balaban J connectivity index is 1.60. The van der Waals surface area contributed by atoms with Crippen molar-refractivity contribution in [1.82, 2.24) is 10.2 Å². The van der Waals surface area contributed by atoms with Gasteiger partial charge in [-0.25, -0.2) is 0 Å². The van der Waals surface area contributed by atoms with E-state index in [4.69, 9.17) is 4.74 Å². The highest BCUT2D eigenvalue weighted by Gasteiger charge is 2.24. The van der Waals surface area contributed by atoms with Gasteiger partial charge in [0.1, 0.15) is 0 Å². The summed E-state index contributed by atoms with van der Waals surface area (Å²) >= 11 is 0. The van der Waals surface area contributed by atoms with Gasteiger partial charge in [-0.2, -0.15) is 0 Å². The van der Waals surface area contributed by atoms with E-state index in [9.17, 15) is 0 Å². The van der Waals surface area contributed by atoms with E-state index in [1.165, 1.54) is 58.3 Å². The normalized spacial score (nSPS) is 35.3. The van der Waals surface area contributed by atoms with Gasteiger partial charge >= 0.3 is 0 Å². The van der Waals surface area contributed by atoms with Crippen LogP contribution in [0.25, 0.3) is 0 Å². The fourth-order valence-electron chi connectivity index (χ4n) is 3.20. The van der Waals surface area contributed by atoms with E-state index in [0.29, 0.717) is 6.10 Å². The van der Waals surface area contributed by atoms with Crippen LogP contribution in [-0.2, 0) is 4.74 Å². The van der Waals surface area contributed by atoms with Crippen molar-refractivity contribution in [2.45, 2.75) is 51.2 Å². The number of hydrogen-bond acceptors (Lipinski definition) is 3. The van der Waals surface area contributed by atoms with Crippen molar-refractivity contribution >= 4 is 0 Å². The monoisotopic (exact) mass is 240 g/mol. The molecular formula is C14H28N2O. The van der Waals surface area contributed by atoms with Crippen LogP contribution in [0.2, 0.25) is 0 Å². The van der Waals surface area contributed by atoms with Crippen LogP contribution >= 0.6 is 0 Å². The van der Waals surface area contributed by atoms with Gasteiger partial charge in [0, 0.05) is 19.7 Å². The first-order valence-corrected chi connectivity index (χ1v) is 7.30. The second-order valence-electron chi connectivity index (χ2n) is 5.67. The number of methoxy groups -OCH3 is 1. The first kappa shape index (κ1) is 13.3. The van der Waals surface area contributed by atoms with Gasteiger partial charge in [0.05, 0.1) is 6.10 Å². The minimum absolute atomic E-state index is 0.523. The molecule has 1 saturated heterocycles. The Morgan fingerprint density at radius 3 is 2.53 bits per heavy atom. The van der Waals surface area contributed by atoms with Crippen molar-refractivity contribution in [3.8, 4) is 0 Å². The van der Waals surface area contributed by atoms with Crippen molar-refractivity contribution in [2.75, 3.05) is 33.3 Å². The minimum Gasteiger partial charge on any atom is -0.381 e. The molecule has 1 aliphatic carbocycles. The number of likely N-dealkylation sites (tertiary alicyclic amines) is 1. The fourth-order valence-corrected chi connectivity index (χ4v) is 3.20. The van der Waals surface area contributed by atoms with Crippen LogP contribution in [0.3, 0.4) is 0 Å². The zero-order chi connectivity index (χ0) is 12.1. The summed E-state index contributed by atoms with van der Waals surface area (Å²) in [4.78, 5) is 2.56. The van der Waals surface area contributed by atoms with Gasteiger partial charge in [-0.1, -0.05) is 6.92 Å². The molecule has 2 rings (SSSR count). The number of hydrogen-bond donors (Lipinski definition) is 1. The third kappa shape index (κ3) is 3.94. The standard InChI is InChI=1S/C14H28N2O/c1-3-16-9-8-12(11-16)10-15-13-4-6-14(17-2)7-5-13/h12-15H,3-11H2,1-2H3. The molecule has 2 fully saturated rings. The lowest BCUT2D eigenvalue weighted by molar-refractivity contribution is 0.0621. The lowest BCUT2D eigenvalue weighted by atomic mass is 9.92. The Labute approximate surface area is 106 Å². The predicted molar refractivity (Wildman–Crippen MR) is 71.3 cm³/mol. The molecule has 0 aromatic heterocycles. The SMILES string of the molecule is CCN1CCC(CNC2CCC(OC)CC2)C1. The zero-order valence-electron chi connectivity index (χ0n) is 11.5. The van der Waals surface area contributed by atoms with E-state index < -0.39 is 0 Å². The van der Waals surface area contributed by atoms with Crippen LogP contribution in [0, 0.1) is 5.92 Å². The third-order valence-electron chi connectivity index (χ3n) is 4.52. The summed E-state index contributed by atoms with van der Waals surface area (Å²) < 4.78 is 5.41. The highest BCUT2D eigenvalue weighted by atomic mass is 16.5. The molecule has 0 aromatic rings. The first-order chi connectivity index (χ1) is 8.31. The summed E-state index contributed by atoms with van der Waals surface area (Å²) in [6.45, 7) is 7.31. The quantitative estimate of drug-likeness (QED) is 0.794. The summed E-state index contributed by atoms with van der Waals surface area (Å²) in [6.07, 6.45) is 6.97. The molecule has 1 atom stereocenters. The molecule has 100 valence electrons. The van der Waals surface area contributed by atoms with Crippen LogP contribution in [0.5, 0.6) is 0 Å². The molecule has 0 radical (unpaired) electrons. The number of rotatable bonds is 5. The van der Waals surface area contributed by atoms with Crippen LogP contribution in [0.4, 0.5) is 0 Å². The average Bonchev–Trinajstić information content (AvgIpc) is 2.85. The molecule has 17 heavy (non-hydrogen) atoms. The largest absolute Gasteiger partial charge is 0.381 e. The summed E-state index contributed by atoms with van der Waals surface area (Å²) in [5.41, 5.74) is 0. The van der Waals surface area contributed by atoms with Crippen molar-refractivity contribution in [2.24, 2.45) is 5.92 Å². The van der Waals surface area contributed by atoms with E-state index in [0.717, 1.165) is 12.0 Å². The Kier molecular flexibility index (Phi) is 5.26. The van der Waals surface area contributed by atoms with Gasteiger partial charge in [0.15, 0.2) is 0 Å². The van der Waals surface area contributed by atoms with Crippen molar-refractivity contribution in [1.29, 1.82) is 0 Å². The van der Waals surface area contributed by atoms with E-state index in [2.05, 4.69) is 17.1 Å². The number of ether oxygens (including phenoxy) is 1. The summed E-state index contributed by atoms with van der Waals surface area (Å²) in [7, 11) is 1.84. The van der Waals surface area contributed by atoms with Gasteiger partial charge in [-0.3, -0.25) is 0 Å². The van der Waals surface area contributed by atoms with Gasteiger partial charge in [0.2, 0.25) is 0 Å². The summed E-state index contributed by atoms with van der Waals surface area (Å²) in [6, 6.07) is 0.747. The van der Waals surface area contributed by atoms with Gasteiger partial charge in [-0.05, 0) is 57.7 Å². The Morgan fingerprint density at radius 1 is 1.18 bits per heavy atom. The van der Waals surface area contributed by atoms with Gasteiger partial charge in [-0.15, -0.1) is 0 Å². The number of nitrogens with one attached hydrogen (secondary N) is 1. The topological polar surface area (TPSA) is 24.5 Å². The van der Waals surface area contributed by atoms with E-state index >= 15 is 0 Å². The molecule has 1 saturated carbocycles. The maximum absolute atomic E-state index is 5.41. The van der Waals surface area contributed by atoms with Crippen LogP contribution in [0.1, 0.15) is 39.0 Å². The predicted octanol–water partition coefficient (Wildman–Crippen LogP) is 1.88. The maximum atomic E-state index is 5.41. The first-order valence-electron chi connectivity index (χ1n) is 7.30. The highest BCUT2D eigenvalue weighted by Crippen LogP contribution is 2.21. The summed E-state index contributed by atoms with van der Waals surface area (Å²) in [5.74, 6) is 0.884. The second kappa shape index (κ2) is 6.72. The third-order valence-corrected chi connectivity index (χ3v) is 4.52. The van der Waals surface area contributed by atoms with Crippen molar-refractivity contribution < 1.29 is 4.74 Å². The molecule has 3 nitrogen and oxygen atoms in total. The Hall–Kier alpha value is -0.120. The molecule has 1 aliphatic heterocycles. The van der Waals surface area contributed by atoms with Crippen LogP contribution < -0.4 is 5.32 Å². The molecule has 1 N–H and O–H groups in total. The second-order valence-corrected chi connectivity index (χ2v) is 5.67. The van der Waals surface area contributed by atoms with Crippen molar-refractivity contribution in [3.63, 3.8) is 0 Å². The van der Waals surface area contributed by atoms with E-state index in [-0.39, 0.29) is 0 Å². The highest BCUT2D eigenvalue weighted by molar-refractivity contribution is 4.81. The fraction of sp³-hybridized carbons (Fsp3) is 1.00. The minimum atomic E-state index is 0.523. The zero-order valence-corrected chi connectivity index (χ0v) is 11.5. The maximum Gasteiger partial charge on any atom is 0.0572 e. The van der Waals surface area contributed by atoms with E-state index in [1.807, 2.05) is 7.11 Å². The molecule has 2 aliphatic rings. The van der Waals surface area contributed by atoms with Gasteiger partial charge < -0.3 is 15.0 Å². The molecule has 1 heterocycles. The van der Waals surface area contributed by atoms with Gasteiger partial charge in [0.25, 0.3) is 0 Å². The smallest absolute Gasteiger partial charge is 0.0572 e. The Bertz CT molecular complexity index is 214. The molecule has 3 heteroatoms. The van der Waals surface area contributed by atoms with E-state index in [1.54, 1.807) is 0 Å². The lowest BCUT2D eigenvalue weighted by Crippen LogP contribution is -2.38. The molecular weight excluding hydrogens is 212 g/mol. The number of nitrogens with zero attached hydrogens (tertiary/aromatic N) is 1. The van der Waals surface area contributed by atoms with Crippen molar-refractivity contribution in [3.05, 3.63) is 0 Å².